The molecule has 94 valence electrons. The number of anilines is 2. The topological polar surface area (TPSA) is 96.1 Å². The summed E-state index contributed by atoms with van der Waals surface area (Å²) in [5.74, 6) is 6.51. The van der Waals surface area contributed by atoms with Gasteiger partial charge in [-0.3, -0.25) is 0 Å². The van der Waals surface area contributed by atoms with Gasteiger partial charge in [-0.15, -0.1) is 0 Å². The Labute approximate surface area is 108 Å². The van der Waals surface area contributed by atoms with Crippen LogP contribution in [0.3, 0.4) is 0 Å². The lowest BCUT2D eigenvalue weighted by molar-refractivity contribution is 0.116. The van der Waals surface area contributed by atoms with Gasteiger partial charge in [0, 0.05) is 0 Å². The standard InChI is InChI=1S/C10H16BrN5O/c11-8-9(13-5-14-10(8)16-12)15-6-3-1-2-4-7(6)17/h5-7,17H,1-4,12H2,(H2,13,14,15,16). The third-order valence-electron chi connectivity index (χ3n) is 2.98. The minimum absolute atomic E-state index is 0.0422. The Morgan fingerprint density at radius 1 is 1.29 bits per heavy atom. The van der Waals surface area contributed by atoms with E-state index in [9.17, 15) is 5.11 Å². The SMILES string of the molecule is NNc1ncnc(NC2CCCCC2O)c1Br. The van der Waals surface area contributed by atoms with Crippen molar-refractivity contribution in [3.8, 4) is 0 Å². The number of hydrogen-bond donors (Lipinski definition) is 4. The van der Waals surface area contributed by atoms with E-state index in [4.69, 9.17) is 5.84 Å². The van der Waals surface area contributed by atoms with Crippen LogP contribution >= 0.6 is 15.9 Å². The lowest BCUT2D eigenvalue weighted by Gasteiger charge is -2.29. The van der Waals surface area contributed by atoms with E-state index in [1.54, 1.807) is 0 Å². The summed E-state index contributed by atoms with van der Waals surface area (Å²) in [6, 6.07) is 0.0422. The first kappa shape index (κ1) is 12.5. The fourth-order valence-electron chi connectivity index (χ4n) is 2.03. The molecule has 0 bridgehead atoms. The van der Waals surface area contributed by atoms with Crippen molar-refractivity contribution in [2.45, 2.75) is 37.8 Å². The van der Waals surface area contributed by atoms with Gasteiger partial charge in [0.05, 0.1) is 12.1 Å². The largest absolute Gasteiger partial charge is 0.391 e. The first-order valence-electron chi connectivity index (χ1n) is 5.64. The van der Waals surface area contributed by atoms with Gasteiger partial charge in [0.2, 0.25) is 0 Å². The van der Waals surface area contributed by atoms with Crippen molar-refractivity contribution < 1.29 is 5.11 Å². The molecule has 7 heteroatoms. The van der Waals surface area contributed by atoms with E-state index < -0.39 is 0 Å². The van der Waals surface area contributed by atoms with Gasteiger partial charge in [0.1, 0.15) is 16.6 Å². The molecule has 0 spiro atoms. The Kier molecular flexibility index (Phi) is 4.14. The zero-order valence-corrected chi connectivity index (χ0v) is 10.9. The third kappa shape index (κ3) is 2.85. The van der Waals surface area contributed by atoms with Crippen LogP contribution in [-0.4, -0.2) is 27.2 Å². The van der Waals surface area contributed by atoms with E-state index in [-0.39, 0.29) is 12.1 Å². The Morgan fingerprint density at radius 3 is 2.71 bits per heavy atom. The molecule has 1 aliphatic rings. The van der Waals surface area contributed by atoms with E-state index >= 15 is 0 Å². The van der Waals surface area contributed by atoms with Crippen LogP contribution in [0.4, 0.5) is 11.6 Å². The molecule has 0 saturated heterocycles. The van der Waals surface area contributed by atoms with Crippen molar-refractivity contribution in [1.29, 1.82) is 0 Å². The maximum atomic E-state index is 9.89. The Bertz CT molecular complexity index is 389. The first-order valence-corrected chi connectivity index (χ1v) is 6.43. The van der Waals surface area contributed by atoms with Crippen LogP contribution in [0.15, 0.2) is 10.8 Å². The summed E-state index contributed by atoms with van der Waals surface area (Å²) in [5.41, 5.74) is 2.48. The molecule has 0 radical (unpaired) electrons. The van der Waals surface area contributed by atoms with Gasteiger partial charge in [-0.2, -0.15) is 0 Å². The molecule has 1 aromatic rings. The van der Waals surface area contributed by atoms with Gasteiger partial charge in [-0.05, 0) is 28.8 Å². The number of hydrogen-bond acceptors (Lipinski definition) is 6. The molecule has 0 aliphatic heterocycles. The molecule has 1 heterocycles. The predicted molar refractivity (Wildman–Crippen MR) is 69.4 cm³/mol. The van der Waals surface area contributed by atoms with E-state index in [0.29, 0.717) is 16.1 Å². The summed E-state index contributed by atoms with van der Waals surface area (Å²) in [7, 11) is 0. The summed E-state index contributed by atoms with van der Waals surface area (Å²) in [4.78, 5) is 8.11. The number of rotatable bonds is 3. The van der Waals surface area contributed by atoms with Gasteiger partial charge in [-0.25, -0.2) is 15.8 Å². The van der Waals surface area contributed by atoms with Crippen molar-refractivity contribution in [3.63, 3.8) is 0 Å². The Morgan fingerprint density at radius 2 is 2.00 bits per heavy atom. The molecule has 2 rings (SSSR count). The summed E-state index contributed by atoms with van der Waals surface area (Å²) in [6.07, 6.45) is 5.10. The van der Waals surface area contributed by atoms with Crippen LogP contribution in [0.5, 0.6) is 0 Å². The van der Waals surface area contributed by atoms with Crippen molar-refractivity contribution in [1.82, 2.24) is 9.97 Å². The number of aliphatic hydroxyl groups excluding tert-OH is 1. The molecular weight excluding hydrogens is 286 g/mol. The fourth-order valence-corrected chi connectivity index (χ4v) is 2.46. The minimum atomic E-state index is -0.320. The number of aliphatic hydroxyl groups is 1. The van der Waals surface area contributed by atoms with Crippen LogP contribution < -0.4 is 16.6 Å². The normalized spacial score (nSPS) is 24.4. The second-order valence-electron chi connectivity index (χ2n) is 4.13. The van der Waals surface area contributed by atoms with E-state index in [1.165, 1.54) is 6.33 Å². The van der Waals surface area contributed by atoms with Crippen molar-refractivity contribution >= 4 is 27.6 Å². The quantitative estimate of drug-likeness (QED) is 0.495. The highest BCUT2D eigenvalue weighted by atomic mass is 79.9. The number of nitrogens with two attached hydrogens (primary N) is 1. The number of nitrogens with zero attached hydrogens (tertiary/aromatic N) is 2. The highest BCUT2D eigenvalue weighted by molar-refractivity contribution is 9.10. The average Bonchev–Trinajstić information content (AvgIpc) is 2.34. The molecule has 2 atom stereocenters. The number of halogens is 1. The monoisotopic (exact) mass is 301 g/mol. The third-order valence-corrected chi connectivity index (χ3v) is 3.73. The van der Waals surface area contributed by atoms with Crippen molar-refractivity contribution in [3.05, 3.63) is 10.8 Å². The summed E-state index contributed by atoms with van der Waals surface area (Å²) >= 11 is 3.38. The van der Waals surface area contributed by atoms with Crippen molar-refractivity contribution in [2.24, 2.45) is 5.84 Å². The highest BCUT2D eigenvalue weighted by Crippen LogP contribution is 2.28. The van der Waals surface area contributed by atoms with Crippen LogP contribution in [0, 0.1) is 0 Å². The molecule has 5 N–H and O–H groups in total. The first-order chi connectivity index (χ1) is 8.22. The number of aromatic nitrogens is 2. The molecule has 6 nitrogen and oxygen atoms in total. The zero-order chi connectivity index (χ0) is 12.3. The number of nitrogen functional groups attached to an aromatic ring is 1. The van der Waals surface area contributed by atoms with Crippen molar-refractivity contribution in [2.75, 3.05) is 10.7 Å². The molecule has 2 unspecified atom stereocenters. The maximum Gasteiger partial charge on any atom is 0.159 e. The zero-order valence-electron chi connectivity index (χ0n) is 9.36. The molecule has 1 fully saturated rings. The van der Waals surface area contributed by atoms with Gasteiger partial charge in [0.15, 0.2) is 5.82 Å². The summed E-state index contributed by atoms with van der Waals surface area (Å²) in [5, 5.41) is 13.1. The van der Waals surface area contributed by atoms with Crippen LogP contribution in [-0.2, 0) is 0 Å². The molecular formula is C10H16BrN5O. The highest BCUT2D eigenvalue weighted by Gasteiger charge is 2.24. The van der Waals surface area contributed by atoms with E-state index in [2.05, 4.69) is 36.6 Å². The second kappa shape index (κ2) is 5.61. The summed E-state index contributed by atoms with van der Waals surface area (Å²) in [6.45, 7) is 0. The van der Waals surface area contributed by atoms with E-state index in [0.717, 1.165) is 25.7 Å². The smallest absolute Gasteiger partial charge is 0.159 e. The lowest BCUT2D eigenvalue weighted by Crippen LogP contribution is -2.36. The van der Waals surface area contributed by atoms with Crippen LogP contribution in [0.2, 0.25) is 0 Å². The average molecular weight is 302 g/mol. The fraction of sp³-hybridized carbons (Fsp3) is 0.600. The summed E-state index contributed by atoms with van der Waals surface area (Å²) < 4.78 is 0.681. The van der Waals surface area contributed by atoms with Crippen LogP contribution in [0.1, 0.15) is 25.7 Å². The molecule has 17 heavy (non-hydrogen) atoms. The molecule has 0 amide bonds. The molecule has 0 aromatic carbocycles. The number of hydrazine groups is 1. The van der Waals surface area contributed by atoms with E-state index in [1.807, 2.05) is 0 Å². The van der Waals surface area contributed by atoms with Crippen LogP contribution in [0.25, 0.3) is 0 Å². The van der Waals surface area contributed by atoms with Gasteiger partial charge >= 0.3 is 0 Å². The minimum Gasteiger partial charge on any atom is -0.391 e. The lowest BCUT2D eigenvalue weighted by atomic mass is 9.93. The maximum absolute atomic E-state index is 9.89. The Hall–Kier alpha value is -0.920. The predicted octanol–water partition coefficient (Wildman–Crippen LogP) is 1.24. The van der Waals surface area contributed by atoms with Gasteiger partial charge < -0.3 is 15.8 Å². The number of nitrogens with one attached hydrogen (secondary N) is 2. The van der Waals surface area contributed by atoms with Gasteiger partial charge in [-0.1, -0.05) is 12.8 Å². The Balaban J connectivity index is 2.12. The second-order valence-corrected chi connectivity index (χ2v) is 4.92. The molecule has 1 aliphatic carbocycles. The molecule has 1 aromatic heterocycles. The molecule has 1 saturated carbocycles. The van der Waals surface area contributed by atoms with Gasteiger partial charge in [0.25, 0.3) is 0 Å².